The summed E-state index contributed by atoms with van der Waals surface area (Å²) in [5, 5.41) is 1.44. The highest BCUT2D eigenvalue weighted by molar-refractivity contribution is 6.02. The predicted octanol–water partition coefficient (Wildman–Crippen LogP) is 0.228. The smallest absolute Gasteiger partial charge is 0.233 e. The summed E-state index contributed by atoms with van der Waals surface area (Å²) in [4.78, 5) is 22.2. The first-order valence-electron chi connectivity index (χ1n) is 5.83. The number of nitrogens with two attached hydrogens (primary N) is 1. The maximum Gasteiger partial charge on any atom is 0.233 e. The summed E-state index contributed by atoms with van der Waals surface area (Å²) in [6.45, 7) is 0. The van der Waals surface area contributed by atoms with Crippen LogP contribution < -0.4 is 15.8 Å². The maximum absolute atomic E-state index is 12.0. The fraction of sp³-hybridized carbons (Fsp3) is 0.545. The Morgan fingerprint density at radius 3 is 2.82 bits per heavy atom. The zero-order valence-electron chi connectivity index (χ0n) is 9.76. The lowest BCUT2D eigenvalue weighted by molar-refractivity contribution is -0.118. The number of fused-ring (bicyclic) bond motifs is 1. The predicted molar refractivity (Wildman–Crippen MR) is 63.5 cm³/mol. The van der Waals surface area contributed by atoms with Crippen LogP contribution in [0, 0.1) is 0 Å². The van der Waals surface area contributed by atoms with Gasteiger partial charge in [-0.2, -0.15) is 0 Å². The number of amides is 1. The molecule has 6 nitrogen and oxygen atoms in total. The van der Waals surface area contributed by atoms with Gasteiger partial charge in [-0.1, -0.05) is 0 Å². The third-order valence-electron chi connectivity index (χ3n) is 3.50. The molecule has 1 saturated carbocycles. The van der Waals surface area contributed by atoms with Gasteiger partial charge in [-0.25, -0.2) is 15.8 Å². The summed E-state index contributed by atoms with van der Waals surface area (Å²) in [5.41, 5.74) is 0.856. The molecular formula is C11H15N5O. The lowest BCUT2D eigenvalue weighted by Gasteiger charge is -2.34. The van der Waals surface area contributed by atoms with E-state index in [4.69, 9.17) is 5.84 Å². The van der Waals surface area contributed by atoms with Crippen molar-refractivity contribution in [1.82, 2.24) is 9.97 Å². The molecule has 0 atom stereocenters. The Hall–Kier alpha value is -1.69. The van der Waals surface area contributed by atoms with Gasteiger partial charge in [0.15, 0.2) is 5.82 Å². The molecule has 1 amide bonds. The number of hydrazine groups is 1. The molecule has 0 radical (unpaired) electrons. The highest BCUT2D eigenvalue weighted by atomic mass is 16.2. The monoisotopic (exact) mass is 233 g/mol. The standard InChI is InChI=1S/C11H15N5O/c1-15(12)10-8-5-9(17)16(7-3-2-4-7)11(8)14-6-13-10/h6-7H,2-5,12H2,1H3. The van der Waals surface area contributed by atoms with Crippen molar-refractivity contribution in [2.75, 3.05) is 17.0 Å². The summed E-state index contributed by atoms with van der Waals surface area (Å²) >= 11 is 0. The zero-order valence-corrected chi connectivity index (χ0v) is 9.76. The van der Waals surface area contributed by atoms with Gasteiger partial charge in [0.1, 0.15) is 12.1 Å². The van der Waals surface area contributed by atoms with E-state index in [-0.39, 0.29) is 5.91 Å². The lowest BCUT2D eigenvalue weighted by atomic mass is 9.92. The molecule has 0 saturated heterocycles. The van der Waals surface area contributed by atoms with Crippen molar-refractivity contribution in [3.63, 3.8) is 0 Å². The fourth-order valence-corrected chi connectivity index (χ4v) is 2.44. The van der Waals surface area contributed by atoms with E-state index in [1.165, 1.54) is 17.8 Å². The average molecular weight is 233 g/mol. The minimum Gasteiger partial charge on any atom is -0.298 e. The lowest BCUT2D eigenvalue weighted by Crippen LogP contribution is -2.42. The van der Waals surface area contributed by atoms with Crippen LogP contribution in [0.3, 0.4) is 0 Å². The van der Waals surface area contributed by atoms with E-state index in [0.717, 1.165) is 24.2 Å². The van der Waals surface area contributed by atoms with Crippen molar-refractivity contribution in [3.8, 4) is 0 Å². The molecule has 1 aromatic heterocycles. The van der Waals surface area contributed by atoms with Gasteiger partial charge in [0, 0.05) is 18.7 Å². The number of carbonyl (C=O) groups is 1. The first kappa shape index (κ1) is 10.5. The minimum absolute atomic E-state index is 0.119. The number of aromatic nitrogens is 2. The summed E-state index contributed by atoms with van der Waals surface area (Å²) in [7, 11) is 1.72. The molecule has 90 valence electrons. The second-order valence-corrected chi connectivity index (χ2v) is 4.64. The van der Waals surface area contributed by atoms with Crippen molar-refractivity contribution < 1.29 is 4.79 Å². The molecule has 1 aromatic rings. The van der Waals surface area contributed by atoms with E-state index in [2.05, 4.69) is 9.97 Å². The van der Waals surface area contributed by atoms with Gasteiger partial charge in [0.25, 0.3) is 0 Å². The van der Waals surface area contributed by atoms with Crippen LogP contribution in [0.2, 0.25) is 0 Å². The Kier molecular flexibility index (Phi) is 2.25. The second-order valence-electron chi connectivity index (χ2n) is 4.64. The van der Waals surface area contributed by atoms with Gasteiger partial charge in [-0.3, -0.25) is 14.7 Å². The van der Waals surface area contributed by atoms with Gasteiger partial charge in [0.05, 0.1) is 6.42 Å². The van der Waals surface area contributed by atoms with Gasteiger partial charge in [-0.05, 0) is 19.3 Å². The van der Waals surface area contributed by atoms with Crippen LogP contribution in [0.15, 0.2) is 6.33 Å². The van der Waals surface area contributed by atoms with Crippen molar-refractivity contribution in [3.05, 3.63) is 11.9 Å². The number of hydrogen-bond donors (Lipinski definition) is 1. The van der Waals surface area contributed by atoms with Crippen molar-refractivity contribution >= 4 is 17.5 Å². The highest BCUT2D eigenvalue weighted by Crippen LogP contribution is 2.37. The van der Waals surface area contributed by atoms with E-state index in [1.54, 1.807) is 7.05 Å². The van der Waals surface area contributed by atoms with Gasteiger partial charge < -0.3 is 0 Å². The first-order valence-corrected chi connectivity index (χ1v) is 5.83. The van der Waals surface area contributed by atoms with E-state index in [9.17, 15) is 4.79 Å². The Morgan fingerprint density at radius 2 is 2.24 bits per heavy atom. The van der Waals surface area contributed by atoms with Crippen LogP contribution in [-0.4, -0.2) is 29.0 Å². The Balaban J connectivity index is 2.04. The Bertz CT molecular complexity index is 469. The number of nitrogens with zero attached hydrogens (tertiary/aromatic N) is 4. The summed E-state index contributed by atoms with van der Waals surface area (Å²) < 4.78 is 0. The van der Waals surface area contributed by atoms with Crippen molar-refractivity contribution in [2.45, 2.75) is 31.7 Å². The molecule has 0 bridgehead atoms. The minimum atomic E-state index is 0.119. The van der Waals surface area contributed by atoms with Crippen LogP contribution in [0.5, 0.6) is 0 Å². The molecule has 1 aliphatic heterocycles. The molecule has 0 aromatic carbocycles. The van der Waals surface area contributed by atoms with Gasteiger partial charge in [-0.15, -0.1) is 0 Å². The average Bonchev–Trinajstić information content (AvgIpc) is 2.53. The SMILES string of the molecule is CN(N)c1ncnc2c1CC(=O)N2C1CCC1. The fourth-order valence-electron chi connectivity index (χ4n) is 2.44. The highest BCUT2D eigenvalue weighted by Gasteiger charge is 2.38. The number of hydrogen-bond acceptors (Lipinski definition) is 5. The molecule has 3 rings (SSSR count). The third kappa shape index (κ3) is 1.48. The summed E-state index contributed by atoms with van der Waals surface area (Å²) in [6.07, 6.45) is 5.18. The summed E-state index contributed by atoms with van der Waals surface area (Å²) in [6, 6.07) is 0.328. The third-order valence-corrected chi connectivity index (χ3v) is 3.50. The van der Waals surface area contributed by atoms with Crippen LogP contribution in [0.4, 0.5) is 11.6 Å². The largest absolute Gasteiger partial charge is 0.298 e. The topological polar surface area (TPSA) is 75.3 Å². The number of carbonyl (C=O) groups excluding carboxylic acids is 1. The molecule has 6 heteroatoms. The van der Waals surface area contributed by atoms with Crippen LogP contribution >= 0.6 is 0 Å². The molecule has 0 spiro atoms. The van der Waals surface area contributed by atoms with Crippen LogP contribution in [0.1, 0.15) is 24.8 Å². The molecule has 2 N–H and O–H groups in total. The molecular weight excluding hydrogens is 218 g/mol. The van der Waals surface area contributed by atoms with Crippen molar-refractivity contribution in [2.24, 2.45) is 5.84 Å². The Morgan fingerprint density at radius 1 is 1.47 bits per heavy atom. The van der Waals surface area contributed by atoms with E-state index in [1.807, 2.05) is 4.90 Å². The normalized spacial score (nSPS) is 19.2. The maximum atomic E-state index is 12.0. The number of anilines is 2. The molecule has 2 aliphatic rings. The zero-order chi connectivity index (χ0) is 12.0. The van der Waals surface area contributed by atoms with Crippen molar-refractivity contribution in [1.29, 1.82) is 0 Å². The van der Waals surface area contributed by atoms with Gasteiger partial charge >= 0.3 is 0 Å². The van der Waals surface area contributed by atoms with Gasteiger partial charge in [0.2, 0.25) is 5.91 Å². The van der Waals surface area contributed by atoms with Crippen LogP contribution in [-0.2, 0) is 11.2 Å². The van der Waals surface area contributed by atoms with E-state index < -0.39 is 0 Å². The Labute approximate surface area is 99.4 Å². The quantitative estimate of drug-likeness (QED) is 0.584. The molecule has 1 fully saturated rings. The summed E-state index contributed by atoms with van der Waals surface area (Å²) in [5.74, 6) is 7.23. The second kappa shape index (κ2) is 3.66. The molecule has 17 heavy (non-hydrogen) atoms. The van der Waals surface area contributed by atoms with E-state index >= 15 is 0 Å². The molecule has 0 unspecified atom stereocenters. The van der Waals surface area contributed by atoms with E-state index in [0.29, 0.717) is 18.3 Å². The molecule has 2 heterocycles. The van der Waals surface area contributed by atoms with Crippen LogP contribution in [0.25, 0.3) is 0 Å². The molecule has 1 aliphatic carbocycles. The first-order chi connectivity index (χ1) is 8.18. The number of rotatable bonds is 2.